The first-order valence-corrected chi connectivity index (χ1v) is 5.84. The van der Waals surface area contributed by atoms with E-state index in [0.717, 1.165) is 13.0 Å². The van der Waals surface area contributed by atoms with Crippen molar-refractivity contribution in [3.05, 3.63) is 42.5 Å². The van der Waals surface area contributed by atoms with Crippen LogP contribution in [0.5, 0.6) is 0 Å². The maximum absolute atomic E-state index is 11.7. The Morgan fingerprint density at radius 1 is 1.56 bits per heavy atom. The number of hydrogen-bond donors (Lipinski definition) is 1. The molecular weight excluding hydrogens is 230 g/mol. The molecule has 0 bridgehead atoms. The predicted molar refractivity (Wildman–Crippen MR) is 68.9 cm³/mol. The summed E-state index contributed by atoms with van der Waals surface area (Å²) in [6.45, 7) is 2.84. The second kappa shape index (κ2) is 5.86. The zero-order valence-electron chi connectivity index (χ0n) is 10.2. The van der Waals surface area contributed by atoms with E-state index in [4.69, 9.17) is 4.42 Å². The van der Waals surface area contributed by atoms with E-state index in [1.165, 1.54) is 6.08 Å². The molecule has 2 rings (SSSR count). The highest BCUT2D eigenvalue weighted by atomic mass is 16.3. The molecule has 5 nitrogen and oxygen atoms in total. The van der Waals surface area contributed by atoms with Crippen LogP contribution in [-0.4, -0.2) is 15.7 Å². The van der Waals surface area contributed by atoms with Gasteiger partial charge >= 0.3 is 0 Å². The number of rotatable bonds is 5. The van der Waals surface area contributed by atoms with Crippen molar-refractivity contribution in [1.29, 1.82) is 0 Å². The second-order valence-electron chi connectivity index (χ2n) is 3.78. The molecule has 2 heterocycles. The van der Waals surface area contributed by atoms with Crippen molar-refractivity contribution in [2.45, 2.75) is 19.9 Å². The van der Waals surface area contributed by atoms with Crippen LogP contribution in [0.25, 0.3) is 6.08 Å². The molecule has 0 spiro atoms. The Bertz CT molecular complexity index is 526. The summed E-state index contributed by atoms with van der Waals surface area (Å²) >= 11 is 0. The summed E-state index contributed by atoms with van der Waals surface area (Å²) in [5, 5.41) is 6.90. The molecule has 0 atom stereocenters. The van der Waals surface area contributed by atoms with Crippen LogP contribution in [0.4, 0.5) is 5.82 Å². The number of aromatic nitrogens is 2. The summed E-state index contributed by atoms with van der Waals surface area (Å²) in [7, 11) is 0. The number of aryl methyl sites for hydroxylation is 1. The van der Waals surface area contributed by atoms with Crippen LogP contribution in [0.1, 0.15) is 19.1 Å². The molecule has 0 fully saturated rings. The Hall–Kier alpha value is -2.30. The van der Waals surface area contributed by atoms with Gasteiger partial charge in [0, 0.05) is 18.7 Å². The van der Waals surface area contributed by atoms with Gasteiger partial charge in [0.1, 0.15) is 11.6 Å². The second-order valence-corrected chi connectivity index (χ2v) is 3.78. The van der Waals surface area contributed by atoms with Gasteiger partial charge in [-0.25, -0.2) is 4.68 Å². The van der Waals surface area contributed by atoms with Gasteiger partial charge in [0.2, 0.25) is 5.91 Å². The lowest BCUT2D eigenvalue weighted by Gasteiger charge is -2.05. The van der Waals surface area contributed by atoms with E-state index in [1.807, 2.05) is 0 Å². The van der Waals surface area contributed by atoms with Gasteiger partial charge in [-0.15, -0.1) is 0 Å². The number of amides is 1. The van der Waals surface area contributed by atoms with Crippen molar-refractivity contribution in [2.24, 2.45) is 0 Å². The van der Waals surface area contributed by atoms with Gasteiger partial charge in [0.25, 0.3) is 0 Å². The maximum Gasteiger partial charge on any atom is 0.249 e. The zero-order valence-corrected chi connectivity index (χ0v) is 10.2. The SMILES string of the molecule is CCCn1nccc1NC(=O)C=Cc1ccco1. The molecule has 1 N–H and O–H groups in total. The lowest BCUT2D eigenvalue weighted by atomic mass is 10.4. The summed E-state index contributed by atoms with van der Waals surface area (Å²) in [4.78, 5) is 11.7. The van der Waals surface area contributed by atoms with E-state index in [1.54, 1.807) is 41.4 Å². The largest absolute Gasteiger partial charge is 0.465 e. The van der Waals surface area contributed by atoms with Crippen LogP contribution in [0, 0.1) is 0 Å². The van der Waals surface area contributed by atoms with E-state index in [9.17, 15) is 4.79 Å². The molecule has 0 saturated carbocycles. The molecule has 0 radical (unpaired) electrons. The fourth-order valence-corrected chi connectivity index (χ4v) is 1.54. The predicted octanol–water partition coefficient (Wildman–Crippen LogP) is 2.54. The van der Waals surface area contributed by atoms with Gasteiger partial charge in [-0.1, -0.05) is 6.92 Å². The number of carbonyl (C=O) groups is 1. The molecule has 1 amide bonds. The zero-order chi connectivity index (χ0) is 12.8. The molecule has 2 aromatic rings. The molecule has 0 saturated heterocycles. The first-order valence-electron chi connectivity index (χ1n) is 5.84. The van der Waals surface area contributed by atoms with E-state index in [-0.39, 0.29) is 5.91 Å². The number of hydrogen-bond acceptors (Lipinski definition) is 3. The Balaban J connectivity index is 1.96. The van der Waals surface area contributed by atoms with E-state index < -0.39 is 0 Å². The molecule has 0 aromatic carbocycles. The minimum absolute atomic E-state index is 0.204. The molecule has 2 aromatic heterocycles. The minimum atomic E-state index is -0.204. The standard InChI is InChI=1S/C13H15N3O2/c1-2-9-16-12(7-8-14-16)15-13(17)6-5-11-4-3-10-18-11/h3-8,10H,2,9H2,1H3,(H,15,17). The smallest absolute Gasteiger partial charge is 0.249 e. The van der Waals surface area contributed by atoms with Crippen molar-refractivity contribution >= 4 is 17.8 Å². The molecule has 0 aliphatic rings. The van der Waals surface area contributed by atoms with Crippen LogP contribution < -0.4 is 5.32 Å². The third-order valence-electron chi connectivity index (χ3n) is 2.35. The highest BCUT2D eigenvalue weighted by Gasteiger charge is 2.03. The van der Waals surface area contributed by atoms with Crippen LogP contribution >= 0.6 is 0 Å². The first-order chi connectivity index (χ1) is 8.79. The first kappa shape index (κ1) is 12.2. The number of anilines is 1. The van der Waals surface area contributed by atoms with Crippen molar-refractivity contribution in [3.8, 4) is 0 Å². The van der Waals surface area contributed by atoms with Crippen LogP contribution in [0.15, 0.2) is 41.2 Å². The number of nitrogens with one attached hydrogen (secondary N) is 1. The number of carbonyl (C=O) groups excluding carboxylic acids is 1. The van der Waals surface area contributed by atoms with Crippen molar-refractivity contribution in [2.75, 3.05) is 5.32 Å². The monoisotopic (exact) mass is 245 g/mol. The van der Waals surface area contributed by atoms with E-state index >= 15 is 0 Å². The Morgan fingerprint density at radius 3 is 3.17 bits per heavy atom. The quantitative estimate of drug-likeness (QED) is 0.823. The van der Waals surface area contributed by atoms with Gasteiger partial charge in [0.15, 0.2) is 0 Å². The third-order valence-corrected chi connectivity index (χ3v) is 2.35. The summed E-state index contributed by atoms with van der Waals surface area (Å²) in [5.41, 5.74) is 0. The highest BCUT2D eigenvalue weighted by molar-refractivity contribution is 6.01. The third kappa shape index (κ3) is 3.10. The van der Waals surface area contributed by atoms with Crippen LogP contribution in [-0.2, 0) is 11.3 Å². The maximum atomic E-state index is 11.7. The summed E-state index contributed by atoms with van der Waals surface area (Å²) in [5.74, 6) is 1.14. The fraction of sp³-hybridized carbons (Fsp3) is 0.231. The van der Waals surface area contributed by atoms with E-state index in [0.29, 0.717) is 11.6 Å². The van der Waals surface area contributed by atoms with Gasteiger partial charge in [-0.3, -0.25) is 4.79 Å². The van der Waals surface area contributed by atoms with Gasteiger partial charge in [-0.2, -0.15) is 5.10 Å². The Kier molecular flexibility index (Phi) is 3.96. The average Bonchev–Trinajstić information content (AvgIpc) is 2.99. The Morgan fingerprint density at radius 2 is 2.44 bits per heavy atom. The molecular formula is C13H15N3O2. The topological polar surface area (TPSA) is 60.1 Å². The van der Waals surface area contributed by atoms with Crippen LogP contribution in [0.3, 0.4) is 0 Å². The fourth-order valence-electron chi connectivity index (χ4n) is 1.54. The summed E-state index contributed by atoms with van der Waals surface area (Å²) in [6.07, 6.45) is 7.25. The van der Waals surface area contributed by atoms with Crippen molar-refractivity contribution in [3.63, 3.8) is 0 Å². The average molecular weight is 245 g/mol. The molecule has 18 heavy (non-hydrogen) atoms. The lowest BCUT2D eigenvalue weighted by Crippen LogP contribution is -2.13. The van der Waals surface area contributed by atoms with Crippen molar-refractivity contribution < 1.29 is 9.21 Å². The number of nitrogens with zero attached hydrogens (tertiary/aromatic N) is 2. The Labute approximate surface area is 105 Å². The summed E-state index contributed by atoms with van der Waals surface area (Å²) < 4.78 is 6.86. The van der Waals surface area contributed by atoms with Crippen LogP contribution in [0.2, 0.25) is 0 Å². The minimum Gasteiger partial charge on any atom is -0.465 e. The highest BCUT2D eigenvalue weighted by Crippen LogP contribution is 2.07. The van der Waals surface area contributed by atoms with Crippen molar-refractivity contribution in [1.82, 2.24) is 9.78 Å². The van der Waals surface area contributed by atoms with Gasteiger partial charge in [-0.05, 0) is 24.6 Å². The molecule has 0 unspecified atom stereocenters. The molecule has 0 aliphatic carbocycles. The molecule has 94 valence electrons. The lowest BCUT2D eigenvalue weighted by molar-refractivity contribution is -0.111. The van der Waals surface area contributed by atoms with Gasteiger partial charge < -0.3 is 9.73 Å². The normalized spacial score (nSPS) is 10.9. The number of furan rings is 1. The summed E-state index contributed by atoms with van der Waals surface area (Å²) in [6, 6.07) is 5.33. The molecule has 5 heteroatoms. The van der Waals surface area contributed by atoms with E-state index in [2.05, 4.69) is 17.3 Å². The molecule has 0 aliphatic heterocycles. The van der Waals surface area contributed by atoms with Gasteiger partial charge in [0.05, 0.1) is 12.5 Å².